The van der Waals surface area contributed by atoms with Crippen LogP contribution in [0.1, 0.15) is 27.2 Å². The third-order valence-electron chi connectivity index (χ3n) is 5.23. The molecule has 1 aliphatic rings. The van der Waals surface area contributed by atoms with Crippen molar-refractivity contribution in [3.63, 3.8) is 0 Å². The standard InChI is InChI=1S/C18H29N6O5P.C4H4O4/c1-4-28-18(25)15(13(2)3)24-6-5-8-29-30(24,26)12-27-9-7-23-11-22-14-16(19)20-10-21-17(14)23;5-3(6)1-2-4(7)8/h10-11,13,15H,4-9,12H2,1-3H3,(H2,19,20,21);1-2H,(H,5,6)(H,7,8)/b;2-1+/t15-,30-;/m0./s1. The van der Waals surface area contributed by atoms with Crippen molar-refractivity contribution in [3.05, 3.63) is 24.8 Å². The van der Waals surface area contributed by atoms with Gasteiger partial charge >= 0.3 is 17.9 Å². The third kappa shape index (κ3) is 8.58. The minimum atomic E-state index is -3.33. The molecule has 0 bridgehead atoms. The number of carboxylic acids is 2. The number of nitrogen functional groups attached to an aromatic ring is 1. The van der Waals surface area contributed by atoms with Crippen LogP contribution in [-0.2, 0) is 39.5 Å². The predicted octanol–water partition coefficient (Wildman–Crippen LogP) is 1.60. The molecule has 1 fully saturated rings. The number of anilines is 1. The lowest BCUT2D eigenvalue weighted by Crippen LogP contribution is -2.47. The van der Waals surface area contributed by atoms with Crippen LogP contribution < -0.4 is 5.73 Å². The van der Waals surface area contributed by atoms with Crippen molar-refractivity contribution in [2.45, 2.75) is 39.8 Å². The minimum absolute atomic E-state index is 0.0819. The van der Waals surface area contributed by atoms with Gasteiger partial charge in [-0.25, -0.2) is 29.2 Å². The van der Waals surface area contributed by atoms with Crippen LogP contribution in [0, 0.1) is 5.92 Å². The van der Waals surface area contributed by atoms with E-state index in [1.165, 1.54) is 6.33 Å². The van der Waals surface area contributed by atoms with Gasteiger partial charge in [0.15, 0.2) is 11.5 Å². The molecule has 2 aromatic rings. The van der Waals surface area contributed by atoms with Crippen LogP contribution in [0.4, 0.5) is 5.82 Å². The Morgan fingerprint density at radius 1 is 1.21 bits per heavy atom. The first-order valence-corrected chi connectivity index (χ1v) is 13.6. The van der Waals surface area contributed by atoms with E-state index in [4.69, 9.17) is 29.9 Å². The number of aromatic nitrogens is 4. The fourth-order valence-corrected chi connectivity index (χ4v) is 5.95. The van der Waals surface area contributed by atoms with E-state index in [2.05, 4.69) is 15.0 Å². The number of ether oxygens (including phenoxy) is 2. The van der Waals surface area contributed by atoms with E-state index in [1.54, 1.807) is 22.5 Å². The average molecular weight is 557 g/mol. The molecule has 0 amide bonds. The highest BCUT2D eigenvalue weighted by molar-refractivity contribution is 7.56. The Kier molecular flexibility index (Phi) is 11.8. The molecular weight excluding hydrogens is 523 g/mol. The third-order valence-corrected chi connectivity index (χ3v) is 7.55. The Labute approximate surface area is 219 Å². The lowest BCUT2D eigenvalue weighted by atomic mass is 10.0. The summed E-state index contributed by atoms with van der Waals surface area (Å²) in [6.07, 6.45) is 4.68. The molecule has 3 rings (SSSR count). The molecule has 3 heterocycles. The van der Waals surface area contributed by atoms with Gasteiger partial charge in [-0.15, -0.1) is 0 Å². The van der Waals surface area contributed by atoms with E-state index in [0.29, 0.717) is 55.3 Å². The summed E-state index contributed by atoms with van der Waals surface area (Å²) in [5.41, 5.74) is 6.93. The summed E-state index contributed by atoms with van der Waals surface area (Å²) in [5.74, 6) is -2.67. The molecular formula is C22H33N6O9P. The highest BCUT2D eigenvalue weighted by Gasteiger charge is 2.44. The highest BCUT2D eigenvalue weighted by Crippen LogP contribution is 2.55. The number of imidazole rings is 1. The van der Waals surface area contributed by atoms with Gasteiger partial charge in [0.2, 0.25) is 0 Å². The normalized spacial score (nSPS) is 18.7. The summed E-state index contributed by atoms with van der Waals surface area (Å²) >= 11 is 0. The van der Waals surface area contributed by atoms with Gasteiger partial charge in [-0.2, -0.15) is 0 Å². The summed E-state index contributed by atoms with van der Waals surface area (Å²) in [6.45, 7) is 7.39. The molecule has 210 valence electrons. The molecule has 4 N–H and O–H groups in total. The van der Waals surface area contributed by atoms with Crippen molar-refractivity contribution in [1.82, 2.24) is 24.2 Å². The van der Waals surface area contributed by atoms with Crippen molar-refractivity contribution in [3.8, 4) is 0 Å². The monoisotopic (exact) mass is 556 g/mol. The molecule has 38 heavy (non-hydrogen) atoms. The quantitative estimate of drug-likeness (QED) is 0.155. The molecule has 0 radical (unpaired) electrons. The van der Waals surface area contributed by atoms with E-state index in [0.717, 1.165) is 0 Å². The van der Waals surface area contributed by atoms with Gasteiger partial charge in [0, 0.05) is 25.2 Å². The Balaban J connectivity index is 0.000000550. The molecule has 1 aliphatic heterocycles. The number of hydrogen-bond donors (Lipinski definition) is 3. The van der Waals surface area contributed by atoms with Gasteiger partial charge in [-0.3, -0.25) is 9.36 Å². The number of rotatable bonds is 11. The van der Waals surface area contributed by atoms with E-state index in [-0.39, 0.29) is 31.4 Å². The molecule has 0 saturated carbocycles. The van der Waals surface area contributed by atoms with E-state index < -0.39 is 25.5 Å². The number of esters is 1. The zero-order valence-corrected chi connectivity index (χ0v) is 22.3. The maximum Gasteiger partial charge on any atom is 0.328 e. The molecule has 0 aromatic carbocycles. The maximum absolute atomic E-state index is 13.6. The van der Waals surface area contributed by atoms with E-state index in [9.17, 15) is 18.9 Å². The average Bonchev–Trinajstić information content (AvgIpc) is 3.27. The van der Waals surface area contributed by atoms with Crippen molar-refractivity contribution in [2.75, 3.05) is 38.4 Å². The number of hydrogen-bond acceptors (Lipinski definition) is 11. The van der Waals surface area contributed by atoms with Crippen LogP contribution in [0.2, 0.25) is 0 Å². The van der Waals surface area contributed by atoms with Crippen molar-refractivity contribution < 1.29 is 43.2 Å². The second-order valence-electron chi connectivity index (χ2n) is 8.34. The lowest BCUT2D eigenvalue weighted by molar-refractivity contribution is -0.150. The second kappa shape index (κ2) is 14.5. The first-order valence-electron chi connectivity index (χ1n) is 11.8. The van der Waals surface area contributed by atoms with E-state index >= 15 is 0 Å². The summed E-state index contributed by atoms with van der Waals surface area (Å²) in [7, 11) is -3.33. The molecule has 0 aliphatic carbocycles. The molecule has 2 atom stereocenters. The summed E-state index contributed by atoms with van der Waals surface area (Å²) < 4.78 is 33.6. The molecule has 1 saturated heterocycles. The molecule has 0 unspecified atom stereocenters. The van der Waals surface area contributed by atoms with Gasteiger partial charge in [0.25, 0.3) is 7.52 Å². The largest absolute Gasteiger partial charge is 0.478 e. The number of carboxylic acid groups (broad SMARTS) is 2. The van der Waals surface area contributed by atoms with Gasteiger partial charge in [0.05, 0.1) is 26.1 Å². The summed E-state index contributed by atoms with van der Waals surface area (Å²) in [6, 6.07) is -0.642. The first-order chi connectivity index (χ1) is 18.0. The number of aliphatic carboxylic acids is 2. The number of fused-ring (bicyclic) bond motifs is 1. The molecule has 2 aromatic heterocycles. The van der Waals surface area contributed by atoms with Gasteiger partial charge in [-0.05, 0) is 19.3 Å². The smallest absolute Gasteiger partial charge is 0.328 e. The maximum atomic E-state index is 13.6. The Bertz CT molecular complexity index is 1170. The number of carbonyl (C=O) groups excluding carboxylic acids is 1. The number of carbonyl (C=O) groups is 3. The topological polar surface area (TPSA) is 209 Å². The summed E-state index contributed by atoms with van der Waals surface area (Å²) in [4.78, 5) is 43.9. The SMILES string of the molecule is CCOC(=O)[C@H](C(C)C)N1CCCO[P@@]1(=O)COCCn1cnc2c(N)ncnc21.O=C(O)/C=C/C(=O)O. The Hall–Kier alpha value is -3.39. The predicted molar refractivity (Wildman–Crippen MR) is 135 cm³/mol. The van der Waals surface area contributed by atoms with Crippen LogP contribution >= 0.6 is 7.52 Å². The van der Waals surface area contributed by atoms with Gasteiger partial charge in [-0.1, -0.05) is 13.8 Å². The van der Waals surface area contributed by atoms with Crippen LogP contribution in [0.3, 0.4) is 0 Å². The molecule has 0 spiro atoms. The van der Waals surface area contributed by atoms with Gasteiger partial charge in [0.1, 0.15) is 24.2 Å². The number of nitrogens with zero attached hydrogens (tertiary/aromatic N) is 5. The van der Waals surface area contributed by atoms with Crippen molar-refractivity contribution in [1.29, 1.82) is 0 Å². The molecule has 16 heteroatoms. The van der Waals surface area contributed by atoms with Crippen molar-refractivity contribution in [2.24, 2.45) is 5.92 Å². The van der Waals surface area contributed by atoms with Crippen molar-refractivity contribution >= 4 is 42.4 Å². The zero-order valence-electron chi connectivity index (χ0n) is 21.4. The lowest BCUT2D eigenvalue weighted by Gasteiger charge is -2.40. The van der Waals surface area contributed by atoms with Gasteiger partial charge < -0.3 is 34.5 Å². The fourth-order valence-electron chi connectivity index (χ4n) is 3.61. The Morgan fingerprint density at radius 3 is 2.50 bits per heavy atom. The first kappa shape index (κ1) is 30.8. The zero-order chi connectivity index (χ0) is 28.3. The molecule has 15 nitrogen and oxygen atoms in total. The summed E-state index contributed by atoms with van der Waals surface area (Å²) in [5, 5.41) is 15.6. The van der Waals surface area contributed by atoms with Crippen LogP contribution in [0.5, 0.6) is 0 Å². The van der Waals surface area contributed by atoms with E-state index in [1.807, 2.05) is 13.8 Å². The fraction of sp³-hybridized carbons (Fsp3) is 0.545. The number of nitrogens with two attached hydrogens (primary N) is 1. The second-order valence-corrected chi connectivity index (χ2v) is 10.6. The van der Waals surface area contributed by atoms with Crippen LogP contribution in [-0.4, -0.2) is 91.1 Å². The van der Waals surface area contributed by atoms with Crippen LogP contribution in [0.15, 0.2) is 24.8 Å². The highest BCUT2D eigenvalue weighted by atomic mass is 31.2. The van der Waals surface area contributed by atoms with Crippen LogP contribution in [0.25, 0.3) is 11.2 Å². The Morgan fingerprint density at radius 2 is 1.89 bits per heavy atom. The minimum Gasteiger partial charge on any atom is -0.478 e.